The van der Waals surface area contributed by atoms with Crippen molar-refractivity contribution in [3.05, 3.63) is 11.4 Å². The Bertz CT molecular complexity index is 545. The predicted molar refractivity (Wildman–Crippen MR) is 59.9 cm³/mol. The molecule has 0 atom stereocenters. The Morgan fingerprint density at radius 2 is 2.00 bits per heavy atom. The van der Waals surface area contributed by atoms with Gasteiger partial charge in [0.25, 0.3) is 0 Å². The van der Waals surface area contributed by atoms with E-state index < -0.39 is 16.0 Å². The van der Waals surface area contributed by atoms with Gasteiger partial charge in [-0.1, -0.05) is 0 Å². The van der Waals surface area contributed by atoms with Gasteiger partial charge in [-0.3, -0.25) is 4.68 Å². The van der Waals surface area contributed by atoms with Crippen LogP contribution in [0.4, 0.5) is 0 Å². The molecule has 1 heterocycles. The number of primary sulfonamides is 1. The number of carbonyl (C=O) groups is 1. The molecule has 0 saturated carbocycles. The van der Waals surface area contributed by atoms with Crippen LogP contribution in [0.25, 0.3) is 0 Å². The smallest absolute Gasteiger partial charge is 0.358 e. The van der Waals surface area contributed by atoms with E-state index in [-0.39, 0.29) is 22.4 Å². The topological polar surface area (TPSA) is 104 Å². The number of aromatic nitrogens is 2. The van der Waals surface area contributed by atoms with Crippen molar-refractivity contribution < 1.29 is 17.9 Å². The van der Waals surface area contributed by atoms with E-state index in [0.717, 1.165) is 4.68 Å². The van der Waals surface area contributed by atoms with E-state index in [1.807, 2.05) is 0 Å². The Labute approximate surface area is 99.6 Å². The van der Waals surface area contributed by atoms with Crippen LogP contribution in [0.2, 0.25) is 0 Å². The first-order valence-corrected chi connectivity index (χ1v) is 6.46. The molecule has 0 aliphatic rings. The highest BCUT2D eigenvalue weighted by Crippen LogP contribution is 2.19. The van der Waals surface area contributed by atoms with Crippen molar-refractivity contribution in [2.45, 2.75) is 31.8 Å². The Morgan fingerprint density at radius 1 is 1.47 bits per heavy atom. The number of rotatable bonds is 3. The number of hydrogen-bond donors (Lipinski definition) is 1. The predicted octanol–water partition coefficient (Wildman–Crippen LogP) is -0.0589. The van der Waals surface area contributed by atoms with Crippen LogP contribution in [-0.2, 0) is 21.8 Å². The highest BCUT2D eigenvalue weighted by molar-refractivity contribution is 7.89. The van der Waals surface area contributed by atoms with Crippen molar-refractivity contribution in [2.24, 2.45) is 12.2 Å². The average Bonchev–Trinajstić information content (AvgIpc) is 2.38. The molecular weight excluding hydrogens is 246 g/mol. The first kappa shape index (κ1) is 13.7. The van der Waals surface area contributed by atoms with E-state index >= 15 is 0 Å². The molecule has 0 fully saturated rings. The van der Waals surface area contributed by atoms with Crippen molar-refractivity contribution in [1.82, 2.24) is 9.78 Å². The molecule has 1 aromatic heterocycles. The number of hydrogen-bond acceptors (Lipinski definition) is 5. The number of carbonyl (C=O) groups excluding carboxylic acids is 1. The van der Waals surface area contributed by atoms with Gasteiger partial charge in [0, 0.05) is 7.05 Å². The average molecular weight is 261 g/mol. The minimum absolute atomic E-state index is 0.154. The van der Waals surface area contributed by atoms with Crippen molar-refractivity contribution in [2.75, 3.05) is 0 Å². The second-order valence-electron chi connectivity index (χ2n) is 3.89. The van der Waals surface area contributed by atoms with Crippen LogP contribution < -0.4 is 5.14 Å². The molecule has 0 aromatic carbocycles. The van der Waals surface area contributed by atoms with Crippen LogP contribution in [-0.4, -0.2) is 30.3 Å². The van der Waals surface area contributed by atoms with Gasteiger partial charge in [0.15, 0.2) is 5.69 Å². The molecule has 17 heavy (non-hydrogen) atoms. The minimum atomic E-state index is -4.01. The summed E-state index contributed by atoms with van der Waals surface area (Å²) in [5.41, 5.74) is 0.0180. The molecule has 0 unspecified atom stereocenters. The molecular formula is C9H15N3O4S. The van der Waals surface area contributed by atoms with Gasteiger partial charge in [-0.2, -0.15) is 5.10 Å². The van der Waals surface area contributed by atoms with Gasteiger partial charge in [0.1, 0.15) is 4.90 Å². The number of ether oxygens (including phenoxy) is 1. The van der Waals surface area contributed by atoms with Gasteiger partial charge >= 0.3 is 5.97 Å². The molecule has 0 saturated heterocycles. The van der Waals surface area contributed by atoms with Crippen molar-refractivity contribution in [3.63, 3.8) is 0 Å². The minimum Gasteiger partial charge on any atom is -0.458 e. The molecule has 0 amide bonds. The third-order valence-corrected chi connectivity index (χ3v) is 3.05. The third kappa shape index (κ3) is 2.83. The molecule has 0 aliphatic heterocycles. The number of esters is 1. The van der Waals surface area contributed by atoms with E-state index in [1.165, 1.54) is 14.0 Å². The fourth-order valence-corrected chi connectivity index (χ4v) is 2.41. The molecule has 1 rings (SSSR count). The highest BCUT2D eigenvalue weighted by Gasteiger charge is 2.28. The molecule has 1 aromatic rings. The van der Waals surface area contributed by atoms with E-state index in [9.17, 15) is 13.2 Å². The normalized spacial score (nSPS) is 11.9. The fourth-order valence-electron chi connectivity index (χ4n) is 1.47. The standard InChI is InChI=1S/C9H15N3O4S/c1-5(2)16-9(13)7-8(17(10,14)15)6(3)11-12(7)4/h5H,1-4H3,(H2,10,14,15). The molecule has 96 valence electrons. The van der Waals surface area contributed by atoms with Crippen LogP contribution >= 0.6 is 0 Å². The molecule has 0 spiro atoms. The van der Waals surface area contributed by atoms with Gasteiger partial charge in [-0.25, -0.2) is 18.4 Å². The first-order chi connectivity index (χ1) is 7.64. The molecule has 2 N–H and O–H groups in total. The van der Waals surface area contributed by atoms with Crippen LogP contribution in [0.1, 0.15) is 30.0 Å². The Kier molecular flexibility index (Phi) is 3.58. The summed E-state index contributed by atoms with van der Waals surface area (Å²) in [7, 11) is -2.55. The second-order valence-corrected chi connectivity index (χ2v) is 5.38. The van der Waals surface area contributed by atoms with E-state index in [1.54, 1.807) is 13.8 Å². The molecule has 8 heteroatoms. The van der Waals surface area contributed by atoms with Gasteiger partial charge in [0.05, 0.1) is 11.8 Å². The van der Waals surface area contributed by atoms with Gasteiger partial charge in [-0.05, 0) is 20.8 Å². The zero-order chi connectivity index (χ0) is 13.4. The van der Waals surface area contributed by atoms with Crippen LogP contribution in [0.5, 0.6) is 0 Å². The summed E-state index contributed by atoms with van der Waals surface area (Å²) in [5, 5.41) is 8.91. The first-order valence-electron chi connectivity index (χ1n) is 4.92. The fraction of sp³-hybridized carbons (Fsp3) is 0.556. The monoisotopic (exact) mass is 261 g/mol. The zero-order valence-electron chi connectivity index (χ0n) is 10.1. The zero-order valence-corrected chi connectivity index (χ0v) is 10.9. The maximum Gasteiger partial charge on any atom is 0.358 e. The second kappa shape index (κ2) is 4.46. The van der Waals surface area contributed by atoms with Crippen LogP contribution in [0.15, 0.2) is 4.90 Å². The van der Waals surface area contributed by atoms with Crippen LogP contribution in [0.3, 0.4) is 0 Å². The van der Waals surface area contributed by atoms with Gasteiger partial charge < -0.3 is 4.74 Å². The molecule has 0 bridgehead atoms. The van der Waals surface area contributed by atoms with E-state index in [2.05, 4.69) is 5.10 Å². The number of aryl methyl sites for hydroxylation is 2. The number of sulfonamides is 1. The lowest BCUT2D eigenvalue weighted by Gasteiger charge is -2.09. The quantitative estimate of drug-likeness (QED) is 0.767. The lowest BCUT2D eigenvalue weighted by atomic mass is 10.3. The lowest BCUT2D eigenvalue weighted by Crippen LogP contribution is -2.21. The Balaban J connectivity index is 3.38. The summed E-state index contributed by atoms with van der Waals surface area (Å²) in [6, 6.07) is 0. The maximum absolute atomic E-state index is 11.8. The molecule has 0 radical (unpaired) electrons. The third-order valence-electron chi connectivity index (χ3n) is 1.99. The lowest BCUT2D eigenvalue weighted by molar-refractivity contribution is 0.0360. The summed E-state index contributed by atoms with van der Waals surface area (Å²) in [4.78, 5) is 11.5. The maximum atomic E-state index is 11.8. The Morgan fingerprint density at radius 3 is 2.41 bits per heavy atom. The van der Waals surface area contributed by atoms with Gasteiger partial charge in [-0.15, -0.1) is 0 Å². The van der Waals surface area contributed by atoms with E-state index in [4.69, 9.17) is 9.88 Å². The number of nitrogens with zero attached hydrogens (tertiary/aromatic N) is 2. The summed E-state index contributed by atoms with van der Waals surface area (Å²) >= 11 is 0. The molecule has 0 aliphatic carbocycles. The Hall–Kier alpha value is -1.41. The summed E-state index contributed by atoms with van der Waals surface area (Å²) in [5.74, 6) is -0.757. The van der Waals surface area contributed by atoms with Crippen molar-refractivity contribution in [3.8, 4) is 0 Å². The summed E-state index contributed by atoms with van der Waals surface area (Å²) in [6.07, 6.45) is -0.356. The number of nitrogens with two attached hydrogens (primary N) is 1. The van der Waals surface area contributed by atoms with Crippen molar-refractivity contribution in [1.29, 1.82) is 0 Å². The largest absolute Gasteiger partial charge is 0.458 e. The summed E-state index contributed by atoms with van der Waals surface area (Å²) < 4.78 is 28.9. The van der Waals surface area contributed by atoms with Gasteiger partial charge in [0.2, 0.25) is 10.0 Å². The SMILES string of the molecule is Cc1nn(C)c(C(=O)OC(C)C)c1S(N)(=O)=O. The molecule has 7 nitrogen and oxygen atoms in total. The highest BCUT2D eigenvalue weighted by atomic mass is 32.2. The van der Waals surface area contributed by atoms with Crippen LogP contribution in [0, 0.1) is 6.92 Å². The van der Waals surface area contributed by atoms with E-state index in [0.29, 0.717) is 0 Å². The van der Waals surface area contributed by atoms with Crippen molar-refractivity contribution >= 4 is 16.0 Å². The summed E-state index contributed by atoms with van der Waals surface area (Å²) in [6.45, 7) is 4.79.